The Morgan fingerprint density at radius 1 is 1.17 bits per heavy atom. The number of ether oxygens (including phenoxy) is 1. The third kappa shape index (κ3) is 6.38. The number of hydrogen-bond donors (Lipinski definition) is 2. The van der Waals surface area contributed by atoms with E-state index in [0.29, 0.717) is 0 Å². The van der Waals surface area contributed by atoms with E-state index in [-0.39, 0.29) is 29.1 Å². The first kappa shape index (κ1) is 22.0. The number of halogens is 1. The summed E-state index contributed by atoms with van der Waals surface area (Å²) in [6, 6.07) is 12.5. The van der Waals surface area contributed by atoms with Crippen molar-refractivity contribution >= 4 is 27.6 Å². The largest absolute Gasteiger partial charge is 0.452 e. The van der Waals surface area contributed by atoms with Crippen molar-refractivity contribution in [1.82, 2.24) is 4.72 Å². The molecule has 10 heteroatoms. The fourth-order valence-corrected chi connectivity index (χ4v) is 3.25. The molecule has 1 amide bonds. The first-order chi connectivity index (χ1) is 13.7. The molecular weight excluding hydrogens is 401 g/mol. The summed E-state index contributed by atoms with van der Waals surface area (Å²) in [6.45, 7) is 1.09. The van der Waals surface area contributed by atoms with Crippen molar-refractivity contribution in [3.05, 3.63) is 59.9 Å². The minimum atomic E-state index is -3.90. The van der Waals surface area contributed by atoms with Crippen LogP contribution in [-0.2, 0) is 24.3 Å². The van der Waals surface area contributed by atoms with E-state index in [1.165, 1.54) is 19.1 Å². The van der Waals surface area contributed by atoms with Crippen LogP contribution < -0.4 is 10.0 Å². The van der Waals surface area contributed by atoms with Gasteiger partial charge in [-0.15, -0.1) is 0 Å². The van der Waals surface area contributed by atoms with Gasteiger partial charge in [-0.2, -0.15) is 5.26 Å². The quantitative estimate of drug-likeness (QED) is 0.630. The maximum absolute atomic E-state index is 12.9. The topological polar surface area (TPSA) is 125 Å². The molecule has 0 aromatic heterocycles. The lowest BCUT2D eigenvalue weighted by atomic mass is 10.2. The Morgan fingerprint density at radius 3 is 2.48 bits per heavy atom. The molecule has 8 nitrogen and oxygen atoms in total. The van der Waals surface area contributed by atoms with E-state index in [9.17, 15) is 22.4 Å². The van der Waals surface area contributed by atoms with E-state index in [4.69, 9.17) is 10.00 Å². The fourth-order valence-electron chi connectivity index (χ4n) is 2.22. The molecular formula is C19H18FN3O5S. The molecule has 0 bridgehead atoms. The number of carbonyl (C=O) groups is 2. The lowest BCUT2D eigenvalue weighted by Gasteiger charge is -2.14. The molecule has 2 rings (SSSR count). The predicted molar refractivity (Wildman–Crippen MR) is 102 cm³/mol. The summed E-state index contributed by atoms with van der Waals surface area (Å²) in [7, 11) is -3.90. The second-order valence-corrected chi connectivity index (χ2v) is 7.65. The minimum absolute atomic E-state index is 0.142. The van der Waals surface area contributed by atoms with Crippen LogP contribution in [0.4, 0.5) is 10.1 Å². The number of nitrogens with one attached hydrogen (secondary N) is 2. The Morgan fingerprint density at radius 2 is 1.83 bits per heavy atom. The number of para-hydroxylation sites is 1. The van der Waals surface area contributed by atoms with Gasteiger partial charge in [0.05, 0.1) is 22.6 Å². The van der Waals surface area contributed by atoms with Crippen LogP contribution in [0.15, 0.2) is 53.4 Å². The summed E-state index contributed by atoms with van der Waals surface area (Å²) in [6.07, 6.45) is -1.46. The number of rotatable bonds is 8. The van der Waals surface area contributed by atoms with Gasteiger partial charge >= 0.3 is 5.97 Å². The molecule has 2 aromatic carbocycles. The first-order valence-corrected chi connectivity index (χ1v) is 9.96. The molecule has 0 spiro atoms. The Hall–Kier alpha value is -3.29. The Bertz CT molecular complexity index is 1030. The van der Waals surface area contributed by atoms with Crippen LogP contribution in [0, 0.1) is 17.1 Å². The summed E-state index contributed by atoms with van der Waals surface area (Å²) in [5.41, 5.74) is 0.546. The predicted octanol–water partition coefficient (Wildman–Crippen LogP) is 1.94. The number of sulfonamides is 1. The highest BCUT2D eigenvalue weighted by atomic mass is 32.2. The lowest BCUT2D eigenvalue weighted by molar-refractivity contribution is -0.152. The van der Waals surface area contributed by atoms with E-state index in [1.807, 2.05) is 6.07 Å². The van der Waals surface area contributed by atoms with Crippen molar-refractivity contribution in [2.75, 3.05) is 11.9 Å². The second-order valence-electron chi connectivity index (χ2n) is 5.88. The molecule has 0 saturated heterocycles. The number of amides is 1. The summed E-state index contributed by atoms with van der Waals surface area (Å²) in [4.78, 5) is 23.8. The van der Waals surface area contributed by atoms with Crippen LogP contribution in [0.3, 0.4) is 0 Å². The van der Waals surface area contributed by atoms with Crippen LogP contribution in [0.5, 0.6) is 0 Å². The van der Waals surface area contributed by atoms with E-state index in [2.05, 4.69) is 10.0 Å². The van der Waals surface area contributed by atoms with Gasteiger partial charge in [-0.25, -0.2) is 17.5 Å². The van der Waals surface area contributed by atoms with Crippen LogP contribution in [0.25, 0.3) is 0 Å². The van der Waals surface area contributed by atoms with Crippen LogP contribution in [0.1, 0.15) is 18.9 Å². The van der Waals surface area contributed by atoms with Crippen molar-refractivity contribution in [3.8, 4) is 6.07 Å². The Balaban J connectivity index is 1.83. The number of nitriles is 1. The maximum Gasteiger partial charge on any atom is 0.307 e. The Labute approximate surface area is 167 Å². The van der Waals surface area contributed by atoms with Gasteiger partial charge < -0.3 is 10.1 Å². The molecule has 0 aliphatic heterocycles. The van der Waals surface area contributed by atoms with Gasteiger partial charge in [0.2, 0.25) is 10.0 Å². The molecule has 1 atom stereocenters. The average Bonchev–Trinajstić information content (AvgIpc) is 2.68. The number of hydrogen-bond acceptors (Lipinski definition) is 6. The van der Waals surface area contributed by atoms with Gasteiger partial charge in [0.1, 0.15) is 11.9 Å². The van der Waals surface area contributed by atoms with Crippen LogP contribution in [0.2, 0.25) is 0 Å². The molecule has 0 fully saturated rings. The molecule has 0 aliphatic carbocycles. The zero-order valence-electron chi connectivity index (χ0n) is 15.4. The summed E-state index contributed by atoms with van der Waals surface area (Å²) < 4.78 is 44.1. The normalized spacial score (nSPS) is 11.9. The molecule has 152 valence electrons. The van der Waals surface area contributed by atoms with Gasteiger partial charge in [0.25, 0.3) is 5.91 Å². The standard InChI is InChI=1S/C19H18FN3O5S/c1-13(19(25)23-17-5-3-2-4-14(17)12-21)28-18(24)10-11-22-29(26,27)16-8-6-15(20)7-9-16/h2-9,13,22H,10-11H2,1H3,(H,23,25)/t13-/m1/s1. The smallest absolute Gasteiger partial charge is 0.307 e. The van der Waals surface area contributed by atoms with E-state index in [1.54, 1.807) is 12.1 Å². The van der Waals surface area contributed by atoms with Gasteiger partial charge in [0, 0.05) is 6.54 Å². The lowest BCUT2D eigenvalue weighted by Crippen LogP contribution is -2.32. The van der Waals surface area contributed by atoms with Gasteiger partial charge in [-0.05, 0) is 43.3 Å². The molecule has 0 unspecified atom stereocenters. The third-order valence-electron chi connectivity index (χ3n) is 3.73. The molecule has 0 aliphatic rings. The van der Waals surface area contributed by atoms with E-state index >= 15 is 0 Å². The highest BCUT2D eigenvalue weighted by Gasteiger charge is 2.20. The highest BCUT2D eigenvalue weighted by molar-refractivity contribution is 7.89. The van der Waals surface area contributed by atoms with Crippen LogP contribution in [-0.4, -0.2) is 32.9 Å². The average molecular weight is 419 g/mol. The van der Waals surface area contributed by atoms with Crippen molar-refractivity contribution in [2.45, 2.75) is 24.3 Å². The van der Waals surface area contributed by atoms with E-state index < -0.39 is 33.8 Å². The molecule has 2 N–H and O–H groups in total. The van der Waals surface area contributed by atoms with Gasteiger partial charge in [0.15, 0.2) is 6.10 Å². The Kier molecular flexibility index (Phi) is 7.41. The zero-order valence-corrected chi connectivity index (χ0v) is 16.2. The van der Waals surface area contributed by atoms with Crippen LogP contribution >= 0.6 is 0 Å². The summed E-state index contributed by atoms with van der Waals surface area (Å²) >= 11 is 0. The monoisotopic (exact) mass is 419 g/mol. The summed E-state index contributed by atoms with van der Waals surface area (Å²) in [5.74, 6) is -1.99. The summed E-state index contributed by atoms with van der Waals surface area (Å²) in [5, 5.41) is 11.5. The van der Waals surface area contributed by atoms with E-state index in [0.717, 1.165) is 24.3 Å². The first-order valence-electron chi connectivity index (χ1n) is 8.47. The number of nitrogens with zero attached hydrogens (tertiary/aromatic N) is 1. The zero-order chi connectivity index (χ0) is 21.4. The highest BCUT2D eigenvalue weighted by Crippen LogP contribution is 2.14. The molecule has 0 heterocycles. The maximum atomic E-state index is 12.9. The van der Waals surface area contributed by atoms with Crippen molar-refractivity contribution in [2.24, 2.45) is 0 Å². The van der Waals surface area contributed by atoms with Crippen molar-refractivity contribution < 1.29 is 27.1 Å². The number of esters is 1. The molecule has 2 aromatic rings. The van der Waals surface area contributed by atoms with Gasteiger partial charge in [-0.3, -0.25) is 9.59 Å². The molecule has 0 saturated carbocycles. The minimum Gasteiger partial charge on any atom is -0.452 e. The number of anilines is 1. The van der Waals surface area contributed by atoms with Crippen molar-refractivity contribution in [3.63, 3.8) is 0 Å². The third-order valence-corrected chi connectivity index (χ3v) is 5.20. The fraction of sp³-hybridized carbons (Fsp3) is 0.211. The number of carbonyl (C=O) groups excluding carboxylic acids is 2. The number of benzene rings is 2. The SMILES string of the molecule is C[C@@H](OC(=O)CCNS(=O)(=O)c1ccc(F)cc1)C(=O)Nc1ccccc1C#N. The molecule has 29 heavy (non-hydrogen) atoms. The second kappa shape index (κ2) is 9.77. The van der Waals surface area contributed by atoms with Gasteiger partial charge in [-0.1, -0.05) is 12.1 Å². The molecule has 0 radical (unpaired) electrons. The van der Waals surface area contributed by atoms with Crippen molar-refractivity contribution in [1.29, 1.82) is 5.26 Å².